The molecule has 1 N–H and O–H groups in total. The van der Waals surface area contributed by atoms with Crippen LogP contribution in [0.2, 0.25) is 0 Å². The summed E-state index contributed by atoms with van der Waals surface area (Å²) < 4.78 is 32.6. The number of hydrogen-bond acceptors (Lipinski definition) is 4. The standard InChI is InChI=1S/C24H24N2O4S/c1-2-31(28,29)26-17-22(30-21-16-10-9-15-20(21)26)24(27)25-23(18-11-5-3-6-12-18)19-13-7-4-8-14-19/h3-16,22-23H,2,17H2,1H3,(H,25,27)/t22-/m1/s1. The molecular weight excluding hydrogens is 412 g/mol. The highest BCUT2D eigenvalue weighted by atomic mass is 32.2. The minimum Gasteiger partial charge on any atom is -0.476 e. The Kier molecular flexibility index (Phi) is 5.95. The smallest absolute Gasteiger partial charge is 0.263 e. The second kappa shape index (κ2) is 8.81. The van der Waals surface area contributed by atoms with Gasteiger partial charge in [-0.3, -0.25) is 9.10 Å². The molecule has 0 saturated heterocycles. The van der Waals surface area contributed by atoms with Gasteiger partial charge < -0.3 is 10.1 Å². The third kappa shape index (κ3) is 4.41. The fraction of sp³-hybridized carbons (Fsp3) is 0.208. The Hall–Kier alpha value is -3.32. The van der Waals surface area contributed by atoms with Crippen molar-refractivity contribution < 1.29 is 17.9 Å². The summed E-state index contributed by atoms with van der Waals surface area (Å²) in [5.41, 5.74) is 2.31. The molecule has 1 heterocycles. The lowest BCUT2D eigenvalue weighted by molar-refractivity contribution is -0.128. The van der Waals surface area contributed by atoms with Crippen molar-refractivity contribution >= 4 is 21.6 Å². The van der Waals surface area contributed by atoms with E-state index in [1.165, 1.54) is 4.31 Å². The van der Waals surface area contributed by atoms with Gasteiger partial charge in [0.05, 0.1) is 24.0 Å². The van der Waals surface area contributed by atoms with E-state index in [-0.39, 0.29) is 24.2 Å². The molecule has 0 unspecified atom stereocenters. The highest BCUT2D eigenvalue weighted by Gasteiger charge is 2.36. The van der Waals surface area contributed by atoms with E-state index in [0.717, 1.165) is 11.1 Å². The number of para-hydroxylation sites is 2. The molecule has 0 aromatic heterocycles. The molecule has 1 amide bonds. The van der Waals surface area contributed by atoms with Crippen LogP contribution in [0.5, 0.6) is 5.75 Å². The Morgan fingerprint density at radius 2 is 1.52 bits per heavy atom. The van der Waals surface area contributed by atoms with Crippen molar-refractivity contribution in [3.05, 3.63) is 96.1 Å². The number of carbonyl (C=O) groups excluding carboxylic acids is 1. The summed E-state index contributed by atoms with van der Waals surface area (Å²) in [7, 11) is -3.56. The Balaban J connectivity index is 1.64. The summed E-state index contributed by atoms with van der Waals surface area (Å²) in [5, 5.41) is 3.05. The fourth-order valence-electron chi connectivity index (χ4n) is 3.64. The number of nitrogens with zero attached hydrogens (tertiary/aromatic N) is 1. The molecule has 1 atom stereocenters. The summed E-state index contributed by atoms with van der Waals surface area (Å²) in [4.78, 5) is 13.3. The van der Waals surface area contributed by atoms with Gasteiger partial charge in [0.2, 0.25) is 10.0 Å². The molecule has 0 aliphatic carbocycles. The van der Waals surface area contributed by atoms with Gasteiger partial charge in [0.1, 0.15) is 5.75 Å². The van der Waals surface area contributed by atoms with E-state index < -0.39 is 16.1 Å². The van der Waals surface area contributed by atoms with Crippen molar-refractivity contribution in [1.29, 1.82) is 0 Å². The van der Waals surface area contributed by atoms with Crippen LogP contribution in [-0.2, 0) is 14.8 Å². The molecule has 0 fully saturated rings. The van der Waals surface area contributed by atoms with Crippen molar-refractivity contribution in [2.45, 2.75) is 19.1 Å². The number of amides is 1. The molecule has 160 valence electrons. The number of hydrogen-bond donors (Lipinski definition) is 1. The van der Waals surface area contributed by atoms with Gasteiger partial charge in [0.15, 0.2) is 6.10 Å². The van der Waals surface area contributed by atoms with Crippen molar-refractivity contribution in [2.75, 3.05) is 16.6 Å². The molecule has 1 aliphatic heterocycles. The van der Waals surface area contributed by atoms with Crippen LogP contribution in [0.4, 0.5) is 5.69 Å². The number of anilines is 1. The van der Waals surface area contributed by atoms with Crippen LogP contribution >= 0.6 is 0 Å². The summed E-state index contributed by atoms with van der Waals surface area (Å²) in [5.74, 6) is -0.0582. The lowest BCUT2D eigenvalue weighted by Crippen LogP contribution is -2.51. The minimum absolute atomic E-state index is 0.0632. The second-order valence-corrected chi connectivity index (χ2v) is 9.45. The molecule has 3 aromatic rings. The predicted octanol–water partition coefficient (Wildman–Crippen LogP) is 3.51. The topological polar surface area (TPSA) is 75.7 Å². The first-order chi connectivity index (χ1) is 15.0. The summed E-state index contributed by atoms with van der Waals surface area (Å²) in [6.45, 7) is 1.51. The van der Waals surface area contributed by atoms with Gasteiger partial charge >= 0.3 is 0 Å². The van der Waals surface area contributed by atoms with E-state index >= 15 is 0 Å². The van der Waals surface area contributed by atoms with Crippen LogP contribution in [0.3, 0.4) is 0 Å². The molecule has 1 aliphatic rings. The van der Waals surface area contributed by atoms with E-state index in [9.17, 15) is 13.2 Å². The average molecular weight is 437 g/mol. The maximum Gasteiger partial charge on any atom is 0.263 e. The number of sulfonamides is 1. The van der Waals surface area contributed by atoms with Crippen molar-refractivity contribution in [2.24, 2.45) is 0 Å². The van der Waals surface area contributed by atoms with Gasteiger partial charge in [-0.25, -0.2) is 8.42 Å². The van der Waals surface area contributed by atoms with Crippen LogP contribution in [-0.4, -0.2) is 32.7 Å². The van der Waals surface area contributed by atoms with Gasteiger partial charge in [-0.2, -0.15) is 0 Å². The first kappa shape index (κ1) is 20.9. The predicted molar refractivity (Wildman–Crippen MR) is 121 cm³/mol. The second-order valence-electron chi connectivity index (χ2n) is 7.27. The van der Waals surface area contributed by atoms with Gasteiger partial charge in [0, 0.05) is 0 Å². The van der Waals surface area contributed by atoms with Gasteiger partial charge in [-0.05, 0) is 30.2 Å². The lowest BCUT2D eigenvalue weighted by atomic mass is 9.98. The van der Waals surface area contributed by atoms with Crippen molar-refractivity contribution in [3.63, 3.8) is 0 Å². The molecule has 0 saturated carbocycles. The third-order valence-electron chi connectivity index (χ3n) is 5.28. The van der Waals surface area contributed by atoms with Gasteiger partial charge in [-0.15, -0.1) is 0 Å². The van der Waals surface area contributed by atoms with E-state index in [4.69, 9.17) is 4.74 Å². The first-order valence-electron chi connectivity index (χ1n) is 10.2. The number of fused-ring (bicyclic) bond motifs is 1. The fourth-order valence-corrected chi connectivity index (χ4v) is 4.77. The quantitative estimate of drug-likeness (QED) is 0.642. The molecule has 0 spiro atoms. The number of nitrogens with one attached hydrogen (secondary N) is 1. The molecule has 6 nitrogen and oxygen atoms in total. The number of benzene rings is 3. The van der Waals surface area contributed by atoms with Crippen molar-refractivity contribution in [1.82, 2.24) is 5.32 Å². The van der Waals surface area contributed by atoms with E-state index in [0.29, 0.717) is 11.4 Å². The minimum atomic E-state index is -3.56. The lowest BCUT2D eigenvalue weighted by Gasteiger charge is -2.35. The van der Waals surface area contributed by atoms with Crippen LogP contribution in [0.25, 0.3) is 0 Å². The summed E-state index contributed by atoms with van der Waals surface area (Å²) in [6, 6.07) is 25.8. The zero-order valence-electron chi connectivity index (χ0n) is 17.1. The monoisotopic (exact) mass is 436 g/mol. The molecule has 3 aromatic carbocycles. The molecule has 0 radical (unpaired) electrons. The van der Waals surface area contributed by atoms with Crippen LogP contribution in [0.1, 0.15) is 24.1 Å². The number of carbonyl (C=O) groups is 1. The Labute approximate surface area is 182 Å². The molecular formula is C24H24N2O4S. The first-order valence-corrected chi connectivity index (χ1v) is 11.8. The average Bonchev–Trinajstić information content (AvgIpc) is 2.82. The summed E-state index contributed by atoms with van der Waals surface area (Å²) >= 11 is 0. The van der Waals surface area contributed by atoms with Gasteiger partial charge in [0.25, 0.3) is 5.91 Å². The number of rotatable bonds is 6. The van der Waals surface area contributed by atoms with Crippen LogP contribution in [0, 0.1) is 0 Å². The molecule has 0 bridgehead atoms. The Morgan fingerprint density at radius 1 is 0.968 bits per heavy atom. The zero-order valence-corrected chi connectivity index (χ0v) is 18.0. The SMILES string of the molecule is CCS(=O)(=O)N1C[C@H](C(=O)NC(c2ccccc2)c2ccccc2)Oc2ccccc21. The van der Waals surface area contributed by atoms with E-state index in [2.05, 4.69) is 5.32 Å². The largest absolute Gasteiger partial charge is 0.476 e. The third-order valence-corrected chi connectivity index (χ3v) is 7.03. The Morgan fingerprint density at radius 3 is 2.10 bits per heavy atom. The molecule has 31 heavy (non-hydrogen) atoms. The van der Waals surface area contributed by atoms with Crippen LogP contribution < -0.4 is 14.4 Å². The highest BCUT2D eigenvalue weighted by molar-refractivity contribution is 7.92. The Bertz CT molecular complexity index is 1110. The summed E-state index contributed by atoms with van der Waals surface area (Å²) in [6.07, 6.45) is -0.967. The highest BCUT2D eigenvalue weighted by Crippen LogP contribution is 2.35. The normalized spacial score (nSPS) is 15.8. The van der Waals surface area contributed by atoms with E-state index in [1.54, 1.807) is 31.2 Å². The van der Waals surface area contributed by atoms with E-state index in [1.807, 2.05) is 60.7 Å². The number of ether oxygens (including phenoxy) is 1. The van der Waals surface area contributed by atoms with Gasteiger partial charge in [-0.1, -0.05) is 72.8 Å². The molecule has 4 rings (SSSR count). The maximum atomic E-state index is 13.3. The van der Waals surface area contributed by atoms with Crippen molar-refractivity contribution in [3.8, 4) is 5.75 Å². The molecule has 7 heteroatoms. The van der Waals surface area contributed by atoms with Crippen LogP contribution in [0.15, 0.2) is 84.9 Å². The zero-order chi connectivity index (χ0) is 21.8. The maximum absolute atomic E-state index is 13.3.